The van der Waals surface area contributed by atoms with Gasteiger partial charge in [0.05, 0.1) is 11.1 Å². The van der Waals surface area contributed by atoms with E-state index in [-0.39, 0.29) is 18.7 Å². The summed E-state index contributed by atoms with van der Waals surface area (Å²) in [4.78, 5) is 52.3. The Kier molecular flexibility index (Phi) is 3.21. The van der Waals surface area contributed by atoms with Crippen molar-refractivity contribution in [3.8, 4) is 0 Å². The van der Waals surface area contributed by atoms with Crippen molar-refractivity contribution in [1.29, 1.82) is 0 Å². The Balaban J connectivity index is 1.45. The summed E-state index contributed by atoms with van der Waals surface area (Å²) >= 11 is 0. The van der Waals surface area contributed by atoms with Gasteiger partial charge in [0, 0.05) is 37.3 Å². The summed E-state index contributed by atoms with van der Waals surface area (Å²) in [6.45, 7) is 1.82. The second-order valence-corrected chi connectivity index (χ2v) is 7.32. The summed E-state index contributed by atoms with van der Waals surface area (Å²) in [5, 5.41) is 5.65. The Morgan fingerprint density at radius 3 is 2.54 bits per heavy atom. The average molecular weight is 354 g/mol. The van der Waals surface area contributed by atoms with E-state index in [0.29, 0.717) is 23.2 Å². The van der Waals surface area contributed by atoms with E-state index < -0.39 is 23.8 Å². The lowest BCUT2D eigenvalue weighted by Crippen LogP contribution is -2.54. The predicted octanol–water partition coefficient (Wildman–Crippen LogP) is -0.362. The average Bonchev–Trinajstić information content (AvgIpc) is 3.31. The van der Waals surface area contributed by atoms with Gasteiger partial charge in [-0.3, -0.25) is 29.4 Å². The highest BCUT2D eigenvalue weighted by Crippen LogP contribution is 2.34. The fourth-order valence-electron chi connectivity index (χ4n) is 4.51. The van der Waals surface area contributed by atoms with Crippen molar-refractivity contribution in [2.24, 2.45) is 0 Å². The molecule has 0 radical (unpaired) electrons. The molecule has 3 saturated heterocycles. The van der Waals surface area contributed by atoms with Gasteiger partial charge in [0.1, 0.15) is 6.04 Å². The number of carbonyl (C=O) groups is 4. The number of fused-ring (bicyclic) bond motifs is 3. The fourth-order valence-corrected chi connectivity index (χ4v) is 4.51. The van der Waals surface area contributed by atoms with Crippen LogP contribution in [0, 0.1) is 0 Å². The third kappa shape index (κ3) is 2.11. The summed E-state index contributed by atoms with van der Waals surface area (Å²) < 4.78 is 0. The molecule has 4 aliphatic rings. The van der Waals surface area contributed by atoms with E-state index in [1.54, 1.807) is 12.1 Å². The Bertz CT molecular complexity index is 867. The number of nitrogens with zero attached hydrogens (tertiary/aromatic N) is 2. The second kappa shape index (κ2) is 5.38. The van der Waals surface area contributed by atoms with Gasteiger partial charge < -0.3 is 10.2 Å². The molecule has 3 unspecified atom stereocenters. The van der Waals surface area contributed by atoms with E-state index in [4.69, 9.17) is 0 Å². The predicted molar refractivity (Wildman–Crippen MR) is 90.7 cm³/mol. The number of rotatable bonds is 2. The molecule has 26 heavy (non-hydrogen) atoms. The van der Waals surface area contributed by atoms with Gasteiger partial charge in [-0.2, -0.15) is 0 Å². The van der Waals surface area contributed by atoms with Gasteiger partial charge in [-0.25, -0.2) is 0 Å². The van der Waals surface area contributed by atoms with Crippen LogP contribution in [0.5, 0.6) is 0 Å². The SMILES string of the molecule is O=C1CCC(N2C(=O)c3ccc(N4CC5CC4CN5)cc3C2=O)C(=O)N1. The topological polar surface area (TPSA) is 98.8 Å². The highest BCUT2D eigenvalue weighted by molar-refractivity contribution is 6.23. The van der Waals surface area contributed by atoms with Crippen LogP contribution < -0.4 is 15.5 Å². The summed E-state index contributed by atoms with van der Waals surface area (Å²) in [5.74, 6) is -1.87. The first-order chi connectivity index (χ1) is 12.5. The lowest BCUT2D eigenvalue weighted by molar-refractivity contribution is -0.136. The summed E-state index contributed by atoms with van der Waals surface area (Å²) in [6, 6.07) is 5.29. The maximum atomic E-state index is 12.9. The Hall–Kier alpha value is -2.74. The number of anilines is 1. The van der Waals surface area contributed by atoms with Crippen LogP contribution >= 0.6 is 0 Å². The first-order valence-corrected chi connectivity index (χ1v) is 8.88. The number of piperazine rings is 1. The molecule has 4 heterocycles. The normalized spacial score (nSPS) is 30.2. The first kappa shape index (κ1) is 15.5. The van der Waals surface area contributed by atoms with Crippen molar-refractivity contribution in [2.45, 2.75) is 37.4 Å². The molecule has 4 aliphatic heterocycles. The molecule has 2 bridgehead atoms. The molecular weight excluding hydrogens is 336 g/mol. The monoisotopic (exact) mass is 354 g/mol. The van der Waals surface area contributed by atoms with E-state index in [1.807, 2.05) is 6.07 Å². The van der Waals surface area contributed by atoms with Crippen LogP contribution in [-0.2, 0) is 9.59 Å². The zero-order valence-corrected chi connectivity index (χ0v) is 14.0. The first-order valence-electron chi connectivity index (χ1n) is 8.88. The van der Waals surface area contributed by atoms with E-state index in [0.717, 1.165) is 30.1 Å². The molecule has 1 aromatic carbocycles. The smallest absolute Gasteiger partial charge is 0.262 e. The van der Waals surface area contributed by atoms with E-state index in [1.165, 1.54) is 0 Å². The van der Waals surface area contributed by atoms with Crippen molar-refractivity contribution in [2.75, 3.05) is 18.0 Å². The van der Waals surface area contributed by atoms with Crippen molar-refractivity contribution < 1.29 is 19.2 Å². The van der Waals surface area contributed by atoms with Gasteiger partial charge in [0.25, 0.3) is 11.8 Å². The molecule has 3 atom stereocenters. The third-order valence-electron chi connectivity index (χ3n) is 5.81. The van der Waals surface area contributed by atoms with Gasteiger partial charge >= 0.3 is 0 Å². The van der Waals surface area contributed by atoms with Crippen LogP contribution in [0.1, 0.15) is 40.0 Å². The van der Waals surface area contributed by atoms with E-state index in [9.17, 15) is 19.2 Å². The molecule has 8 heteroatoms. The number of imide groups is 2. The zero-order chi connectivity index (χ0) is 18.0. The Morgan fingerprint density at radius 1 is 1.04 bits per heavy atom. The summed E-state index contributed by atoms with van der Waals surface area (Å²) in [5.41, 5.74) is 1.60. The van der Waals surface area contributed by atoms with Crippen molar-refractivity contribution in [3.63, 3.8) is 0 Å². The van der Waals surface area contributed by atoms with Crippen molar-refractivity contribution >= 4 is 29.3 Å². The molecule has 8 nitrogen and oxygen atoms in total. The highest BCUT2D eigenvalue weighted by atomic mass is 16.2. The Labute approximate surface area is 149 Å². The Morgan fingerprint density at radius 2 is 1.85 bits per heavy atom. The minimum Gasteiger partial charge on any atom is -0.366 e. The highest BCUT2D eigenvalue weighted by Gasteiger charge is 2.45. The number of carbonyl (C=O) groups excluding carboxylic acids is 4. The number of amides is 4. The van der Waals surface area contributed by atoms with Gasteiger partial charge in [-0.05, 0) is 31.0 Å². The summed E-state index contributed by atoms with van der Waals surface area (Å²) in [6.07, 6.45) is 1.38. The van der Waals surface area contributed by atoms with Gasteiger partial charge in [0.15, 0.2) is 0 Å². The van der Waals surface area contributed by atoms with Crippen LogP contribution in [0.15, 0.2) is 18.2 Å². The minimum atomic E-state index is -0.921. The zero-order valence-electron chi connectivity index (χ0n) is 14.0. The number of benzene rings is 1. The van der Waals surface area contributed by atoms with E-state index >= 15 is 0 Å². The minimum absolute atomic E-state index is 0.124. The van der Waals surface area contributed by atoms with Crippen LogP contribution in [0.2, 0.25) is 0 Å². The van der Waals surface area contributed by atoms with Crippen LogP contribution in [0.4, 0.5) is 5.69 Å². The lowest BCUT2D eigenvalue weighted by Gasteiger charge is -2.29. The molecule has 0 aromatic heterocycles. The number of piperidine rings is 1. The molecule has 0 aliphatic carbocycles. The quantitative estimate of drug-likeness (QED) is 0.704. The molecular formula is C18H18N4O4. The fraction of sp³-hybridized carbons (Fsp3) is 0.444. The van der Waals surface area contributed by atoms with Crippen molar-refractivity contribution in [3.05, 3.63) is 29.3 Å². The van der Waals surface area contributed by atoms with Crippen LogP contribution in [0.25, 0.3) is 0 Å². The molecule has 4 amide bonds. The van der Waals surface area contributed by atoms with Crippen LogP contribution in [-0.4, -0.2) is 59.7 Å². The molecule has 134 valence electrons. The maximum absolute atomic E-state index is 12.9. The molecule has 1 aromatic rings. The van der Waals surface area contributed by atoms with Crippen LogP contribution in [0.3, 0.4) is 0 Å². The van der Waals surface area contributed by atoms with Gasteiger partial charge in [0.2, 0.25) is 11.8 Å². The van der Waals surface area contributed by atoms with Gasteiger partial charge in [-0.1, -0.05) is 0 Å². The largest absolute Gasteiger partial charge is 0.366 e. The number of hydrogen-bond acceptors (Lipinski definition) is 6. The molecule has 0 saturated carbocycles. The van der Waals surface area contributed by atoms with E-state index in [2.05, 4.69) is 15.5 Å². The summed E-state index contributed by atoms with van der Waals surface area (Å²) in [7, 11) is 0. The molecule has 3 fully saturated rings. The maximum Gasteiger partial charge on any atom is 0.262 e. The standard InChI is InChI=1S/C18H18N4O4/c23-15-4-3-14(16(24)20-15)22-17(25)12-2-1-10(6-13(12)18(22)26)21-8-9-5-11(21)7-19-9/h1-2,6,9,11,14,19H,3-5,7-8H2,(H,20,23,24). The van der Waals surface area contributed by atoms with Gasteiger partial charge in [-0.15, -0.1) is 0 Å². The molecule has 5 rings (SSSR count). The molecule has 2 N–H and O–H groups in total. The van der Waals surface area contributed by atoms with Crippen molar-refractivity contribution in [1.82, 2.24) is 15.5 Å². The number of nitrogens with one attached hydrogen (secondary N) is 2. The third-order valence-corrected chi connectivity index (χ3v) is 5.81. The lowest BCUT2D eigenvalue weighted by atomic mass is 10.0. The molecule has 0 spiro atoms. The number of hydrogen-bond donors (Lipinski definition) is 2. The second-order valence-electron chi connectivity index (χ2n) is 7.32.